The van der Waals surface area contributed by atoms with Crippen LogP contribution in [0.25, 0.3) is 0 Å². The summed E-state index contributed by atoms with van der Waals surface area (Å²) in [5.41, 5.74) is 5.06. The number of fused-ring (bicyclic) bond motifs is 1. The van der Waals surface area contributed by atoms with Gasteiger partial charge < -0.3 is 9.47 Å². The number of ether oxygens (including phenoxy) is 2. The van der Waals surface area contributed by atoms with Gasteiger partial charge in [-0.2, -0.15) is 0 Å². The van der Waals surface area contributed by atoms with E-state index in [1.807, 2.05) is 37.4 Å². The molecule has 5 nitrogen and oxygen atoms in total. The molecule has 0 saturated carbocycles. The van der Waals surface area contributed by atoms with Crippen molar-refractivity contribution in [3.63, 3.8) is 0 Å². The summed E-state index contributed by atoms with van der Waals surface area (Å²) in [7, 11) is 0. The Balaban J connectivity index is 1.91. The summed E-state index contributed by atoms with van der Waals surface area (Å²) in [6.07, 6.45) is 3.52. The summed E-state index contributed by atoms with van der Waals surface area (Å²) in [6.45, 7) is 3.17. The van der Waals surface area contributed by atoms with E-state index < -0.39 is 0 Å². The van der Waals surface area contributed by atoms with Crippen LogP contribution in [0.15, 0.2) is 42.7 Å². The first-order chi connectivity index (χ1) is 10.3. The fourth-order valence-electron chi connectivity index (χ4n) is 2.76. The number of pyridine rings is 1. The van der Waals surface area contributed by atoms with Crippen molar-refractivity contribution in [2.45, 2.75) is 18.9 Å². The van der Waals surface area contributed by atoms with Gasteiger partial charge in [-0.05, 0) is 24.6 Å². The molecule has 0 radical (unpaired) electrons. The number of nitrogens with two attached hydrogens (primary N) is 1. The maximum absolute atomic E-state index is 5.79. The van der Waals surface area contributed by atoms with E-state index in [9.17, 15) is 0 Å². The molecule has 0 saturated heterocycles. The van der Waals surface area contributed by atoms with Crippen LogP contribution in [0.1, 0.15) is 30.0 Å². The van der Waals surface area contributed by atoms with E-state index in [4.69, 9.17) is 15.3 Å². The molecule has 0 amide bonds. The predicted molar refractivity (Wildman–Crippen MR) is 80.1 cm³/mol. The minimum Gasteiger partial charge on any atom is -0.493 e. The van der Waals surface area contributed by atoms with Crippen LogP contribution in [0.3, 0.4) is 0 Å². The standard InChI is InChI=1S/C16H19N3O2/c1-2-20-12-7-11(8-18-9-12)16(19-17)14-10-21-15-6-4-3-5-13(14)15/h3-9,14,16,19H,2,10,17H2,1H3. The molecule has 0 fully saturated rings. The number of nitrogens with one attached hydrogen (secondary N) is 1. The molecule has 0 spiro atoms. The second-order valence-corrected chi connectivity index (χ2v) is 4.99. The van der Waals surface area contributed by atoms with E-state index in [0.29, 0.717) is 13.2 Å². The summed E-state index contributed by atoms with van der Waals surface area (Å²) in [5, 5.41) is 0. The van der Waals surface area contributed by atoms with E-state index in [1.165, 1.54) is 5.56 Å². The molecule has 1 aromatic carbocycles. The van der Waals surface area contributed by atoms with Gasteiger partial charge in [-0.15, -0.1) is 0 Å². The lowest BCUT2D eigenvalue weighted by Gasteiger charge is -2.22. The fraction of sp³-hybridized carbons (Fsp3) is 0.312. The summed E-state index contributed by atoms with van der Waals surface area (Å²) in [6, 6.07) is 9.96. The topological polar surface area (TPSA) is 69.4 Å². The molecule has 110 valence electrons. The summed E-state index contributed by atoms with van der Waals surface area (Å²) in [5.74, 6) is 7.63. The molecule has 3 N–H and O–H groups in total. The first-order valence-electron chi connectivity index (χ1n) is 7.09. The maximum atomic E-state index is 5.79. The molecule has 2 atom stereocenters. The highest BCUT2D eigenvalue weighted by molar-refractivity contribution is 5.42. The molecule has 2 unspecified atom stereocenters. The van der Waals surface area contributed by atoms with Crippen molar-refractivity contribution in [3.05, 3.63) is 53.9 Å². The average molecular weight is 285 g/mol. The number of para-hydroxylation sites is 1. The van der Waals surface area contributed by atoms with Crippen LogP contribution < -0.4 is 20.7 Å². The van der Waals surface area contributed by atoms with Crippen molar-refractivity contribution in [1.29, 1.82) is 0 Å². The molecule has 1 aliphatic heterocycles. The second kappa shape index (κ2) is 6.11. The fourth-order valence-corrected chi connectivity index (χ4v) is 2.76. The number of nitrogens with zero attached hydrogens (tertiary/aromatic N) is 1. The van der Waals surface area contributed by atoms with Gasteiger partial charge >= 0.3 is 0 Å². The third-order valence-electron chi connectivity index (χ3n) is 3.72. The molecular weight excluding hydrogens is 266 g/mol. The number of hydrazine groups is 1. The third-order valence-corrected chi connectivity index (χ3v) is 3.72. The molecule has 0 bridgehead atoms. The highest BCUT2D eigenvalue weighted by Gasteiger charge is 2.32. The van der Waals surface area contributed by atoms with Crippen LogP contribution >= 0.6 is 0 Å². The second-order valence-electron chi connectivity index (χ2n) is 4.99. The Kier molecular flexibility index (Phi) is 4.03. The maximum Gasteiger partial charge on any atom is 0.137 e. The zero-order chi connectivity index (χ0) is 14.7. The smallest absolute Gasteiger partial charge is 0.137 e. The monoisotopic (exact) mass is 285 g/mol. The number of hydrogen-bond donors (Lipinski definition) is 2. The van der Waals surface area contributed by atoms with Crippen molar-refractivity contribution in [1.82, 2.24) is 10.4 Å². The van der Waals surface area contributed by atoms with Gasteiger partial charge in [0.1, 0.15) is 11.5 Å². The van der Waals surface area contributed by atoms with Crippen LogP contribution in [-0.2, 0) is 0 Å². The lowest BCUT2D eigenvalue weighted by molar-refractivity contribution is 0.299. The normalized spacial score (nSPS) is 17.9. The molecule has 2 aromatic rings. The van der Waals surface area contributed by atoms with Crippen molar-refractivity contribution in [2.75, 3.05) is 13.2 Å². The number of benzene rings is 1. The van der Waals surface area contributed by atoms with E-state index in [-0.39, 0.29) is 12.0 Å². The van der Waals surface area contributed by atoms with Gasteiger partial charge in [0.2, 0.25) is 0 Å². The number of aromatic nitrogens is 1. The van der Waals surface area contributed by atoms with Crippen molar-refractivity contribution < 1.29 is 9.47 Å². The van der Waals surface area contributed by atoms with E-state index >= 15 is 0 Å². The molecule has 1 aliphatic rings. The highest BCUT2D eigenvalue weighted by atomic mass is 16.5. The largest absolute Gasteiger partial charge is 0.493 e. The Morgan fingerprint density at radius 1 is 1.43 bits per heavy atom. The van der Waals surface area contributed by atoms with E-state index in [1.54, 1.807) is 6.20 Å². The Morgan fingerprint density at radius 3 is 3.10 bits per heavy atom. The Labute approximate surface area is 124 Å². The summed E-state index contributed by atoms with van der Waals surface area (Å²) in [4.78, 5) is 4.24. The van der Waals surface area contributed by atoms with Gasteiger partial charge in [-0.3, -0.25) is 16.3 Å². The lowest BCUT2D eigenvalue weighted by Crippen LogP contribution is -2.33. The minimum absolute atomic E-state index is 0.0680. The van der Waals surface area contributed by atoms with Crippen LogP contribution in [-0.4, -0.2) is 18.2 Å². The molecule has 0 aliphatic carbocycles. The van der Waals surface area contributed by atoms with Crippen molar-refractivity contribution in [2.24, 2.45) is 5.84 Å². The molecule has 2 heterocycles. The lowest BCUT2D eigenvalue weighted by atomic mass is 9.89. The van der Waals surface area contributed by atoms with E-state index in [0.717, 1.165) is 17.1 Å². The Morgan fingerprint density at radius 2 is 2.29 bits per heavy atom. The molecular formula is C16H19N3O2. The van der Waals surface area contributed by atoms with Gasteiger partial charge in [0.15, 0.2) is 0 Å². The van der Waals surface area contributed by atoms with Crippen LogP contribution in [0.4, 0.5) is 0 Å². The summed E-state index contributed by atoms with van der Waals surface area (Å²) >= 11 is 0. The average Bonchev–Trinajstić information content (AvgIpc) is 2.93. The van der Waals surface area contributed by atoms with Crippen LogP contribution in [0.5, 0.6) is 11.5 Å². The predicted octanol–water partition coefficient (Wildman–Crippen LogP) is 2.16. The summed E-state index contributed by atoms with van der Waals surface area (Å²) < 4.78 is 11.3. The first kappa shape index (κ1) is 13.9. The molecule has 3 rings (SSSR count). The van der Waals surface area contributed by atoms with Gasteiger partial charge in [0.05, 0.1) is 25.5 Å². The van der Waals surface area contributed by atoms with Crippen molar-refractivity contribution >= 4 is 0 Å². The van der Waals surface area contributed by atoms with Gasteiger partial charge in [-0.25, -0.2) is 0 Å². The van der Waals surface area contributed by atoms with Gasteiger partial charge in [0.25, 0.3) is 0 Å². The number of rotatable bonds is 5. The molecule has 1 aromatic heterocycles. The quantitative estimate of drug-likeness (QED) is 0.651. The molecule has 5 heteroatoms. The van der Waals surface area contributed by atoms with E-state index in [2.05, 4.69) is 16.5 Å². The zero-order valence-electron chi connectivity index (χ0n) is 12.0. The highest BCUT2D eigenvalue weighted by Crippen LogP contribution is 2.41. The van der Waals surface area contributed by atoms with Crippen LogP contribution in [0.2, 0.25) is 0 Å². The SMILES string of the molecule is CCOc1cncc(C(NN)C2COc3ccccc32)c1. The minimum atomic E-state index is -0.0680. The van der Waals surface area contributed by atoms with Crippen molar-refractivity contribution in [3.8, 4) is 11.5 Å². The third kappa shape index (κ3) is 2.70. The van der Waals surface area contributed by atoms with Gasteiger partial charge in [0, 0.05) is 17.7 Å². The molecule has 21 heavy (non-hydrogen) atoms. The first-order valence-corrected chi connectivity index (χ1v) is 7.09. The zero-order valence-corrected chi connectivity index (χ0v) is 12.0. The Hall–Kier alpha value is -2.11. The number of hydrogen-bond acceptors (Lipinski definition) is 5. The Bertz CT molecular complexity index is 618. The van der Waals surface area contributed by atoms with Crippen LogP contribution in [0, 0.1) is 0 Å². The van der Waals surface area contributed by atoms with Gasteiger partial charge in [-0.1, -0.05) is 18.2 Å².